The van der Waals surface area contributed by atoms with Gasteiger partial charge in [0.2, 0.25) is 0 Å². The smallest absolute Gasteiger partial charge is 0.356 e. The number of aromatic carboxylic acids is 1. The van der Waals surface area contributed by atoms with Crippen molar-refractivity contribution in [2.75, 3.05) is 0 Å². The number of carboxylic acid groups (broad SMARTS) is 1. The zero-order valence-corrected chi connectivity index (χ0v) is 5.56. The van der Waals surface area contributed by atoms with Gasteiger partial charge in [0.1, 0.15) is 0 Å². The molecule has 56 valence electrons. The lowest BCUT2D eigenvalue weighted by Gasteiger charge is -1.87. The number of aromatic nitrogens is 2. The monoisotopic (exact) mass is 151 g/mol. The first-order valence-electron chi connectivity index (χ1n) is 3.11. The molecule has 2 heterocycles. The van der Waals surface area contributed by atoms with Gasteiger partial charge in [-0.3, -0.25) is 0 Å². The lowest BCUT2D eigenvalue weighted by Crippen LogP contribution is -2.01. The van der Waals surface area contributed by atoms with Gasteiger partial charge in [0, 0.05) is 12.3 Å². The average Bonchev–Trinajstić information content (AvgIpc) is 2.40. The average molecular weight is 151 g/mol. The van der Waals surface area contributed by atoms with Crippen LogP contribution in [0, 0.1) is 0 Å². The zero-order valence-electron chi connectivity index (χ0n) is 5.56. The van der Waals surface area contributed by atoms with E-state index in [1.807, 2.05) is 0 Å². The van der Waals surface area contributed by atoms with Gasteiger partial charge in [-0.25, -0.2) is 14.5 Å². The minimum absolute atomic E-state index is 0.0526. The van der Waals surface area contributed by atoms with Gasteiger partial charge in [0.25, 0.3) is 0 Å². The maximum atomic E-state index is 10.4. The first-order valence-corrected chi connectivity index (χ1v) is 3.11. The van der Waals surface area contributed by atoms with Crippen molar-refractivity contribution < 1.29 is 9.90 Å². The van der Waals surface area contributed by atoms with Crippen LogP contribution in [0.1, 0.15) is 10.5 Å². The van der Waals surface area contributed by atoms with Crippen LogP contribution in [0.15, 0.2) is 11.1 Å². The molecule has 0 radical (unpaired) electrons. The van der Waals surface area contributed by atoms with E-state index in [1.54, 1.807) is 10.9 Å². The van der Waals surface area contributed by atoms with Crippen LogP contribution in [-0.2, 0) is 6.54 Å². The molecule has 5 nitrogen and oxygen atoms in total. The predicted octanol–water partition coefficient (Wildman–Crippen LogP) is 0.297. The van der Waals surface area contributed by atoms with Crippen LogP contribution in [0.5, 0.6) is 0 Å². The highest BCUT2D eigenvalue weighted by Gasteiger charge is 2.13. The second-order valence-electron chi connectivity index (χ2n) is 2.19. The van der Waals surface area contributed by atoms with E-state index in [4.69, 9.17) is 5.11 Å². The summed E-state index contributed by atoms with van der Waals surface area (Å²) in [6.07, 6.45) is 1.69. The van der Waals surface area contributed by atoms with Crippen molar-refractivity contribution in [3.05, 3.63) is 11.8 Å². The fourth-order valence-corrected chi connectivity index (χ4v) is 0.961. The van der Waals surface area contributed by atoms with E-state index in [-0.39, 0.29) is 5.69 Å². The van der Waals surface area contributed by atoms with Crippen LogP contribution < -0.4 is 0 Å². The van der Waals surface area contributed by atoms with E-state index in [2.05, 4.69) is 10.1 Å². The summed E-state index contributed by atoms with van der Waals surface area (Å²) in [6.45, 7) is 0.572. The van der Waals surface area contributed by atoms with E-state index in [9.17, 15) is 4.79 Å². The Morgan fingerprint density at radius 1 is 1.73 bits per heavy atom. The molecular formula is C6H5N3O2. The molecule has 0 aliphatic carbocycles. The molecule has 0 unspecified atom stereocenters. The van der Waals surface area contributed by atoms with Crippen molar-refractivity contribution in [2.45, 2.75) is 6.54 Å². The Hall–Kier alpha value is -1.65. The normalized spacial score (nSPS) is 13.5. The zero-order chi connectivity index (χ0) is 7.84. The standard InChI is InChI=1S/C6H5N3O2/c10-6(11)4-3-5-7-1-2-9(5)8-4/h1,3H,2H2,(H,10,11). The van der Waals surface area contributed by atoms with Gasteiger partial charge in [0.15, 0.2) is 11.5 Å². The van der Waals surface area contributed by atoms with Crippen LogP contribution in [0.25, 0.3) is 0 Å². The van der Waals surface area contributed by atoms with Gasteiger partial charge in [0.05, 0.1) is 6.54 Å². The SMILES string of the molecule is O=C(O)c1cc2n(n1)CC=N2. The molecule has 0 bridgehead atoms. The number of aliphatic imine (C=N–C) groups is 1. The molecular weight excluding hydrogens is 146 g/mol. The Kier molecular flexibility index (Phi) is 1.06. The van der Waals surface area contributed by atoms with Gasteiger partial charge >= 0.3 is 5.97 Å². The van der Waals surface area contributed by atoms with Crippen molar-refractivity contribution in [3.8, 4) is 0 Å². The number of nitrogens with zero attached hydrogens (tertiary/aromatic N) is 3. The van der Waals surface area contributed by atoms with E-state index in [0.29, 0.717) is 12.4 Å². The third-order valence-electron chi connectivity index (χ3n) is 1.46. The largest absolute Gasteiger partial charge is 0.476 e. The minimum atomic E-state index is -1.01. The number of fused-ring (bicyclic) bond motifs is 1. The lowest BCUT2D eigenvalue weighted by atomic mass is 10.4. The van der Waals surface area contributed by atoms with Gasteiger partial charge in [-0.05, 0) is 0 Å². The summed E-state index contributed by atoms with van der Waals surface area (Å²) in [4.78, 5) is 14.3. The van der Waals surface area contributed by atoms with Gasteiger partial charge in [-0.1, -0.05) is 0 Å². The molecule has 2 rings (SSSR count). The molecule has 0 amide bonds. The van der Waals surface area contributed by atoms with E-state index >= 15 is 0 Å². The third kappa shape index (κ3) is 0.813. The highest BCUT2D eigenvalue weighted by atomic mass is 16.4. The van der Waals surface area contributed by atoms with Crippen molar-refractivity contribution in [2.24, 2.45) is 4.99 Å². The van der Waals surface area contributed by atoms with Crippen LogP contribution >= 0.6 is 0 Å². The summed E-state index contributed by atoms with van der Waals surface area (Å²) in [5, 5.41) is 12.3. The first kappa shape index (κ1) is 6.09. The van der Waals surface area contributed by atoms with Crippen molar-refractivity contribution in [1.82, 2.24) is 9.78 Å². The maximum Gasteiger partial charge on any atom is 0.356 e. The molecule has 1 aliphatic rings. The fourth-order valence-electron chi connectivity index (χ4n) is 0.961. The van der Waals surface area contributed by atoms with Gasteiger partial charge < -0.3 is 5.11 Å². The second-order valence-corrected chi connectivity index (χ2v) is 2.19. The maximum absolute atomic E-state index is 10.4. The fraction of sp³-hybridized carbons (Fsp3) is 0.167. The molecule has 1 N–H and O–H groups in total. The topological polar surface area (TPSA) is 67.5 Å². The van der Waals surface area contributed by atoms with Crippen molar-refractivity contribution >= 4 is 18.0 Å². The molecule has 0 saturated carbocycles. The van der Waals surface area contributed by atoms with E-state index < -0.39 is 5.97 Å². The number of carbonyl (C=O) groups is 1. The Bertz CT molecular complexity index is 340. The van der Waals surface area contributed by atoms with Gasteiger partial charge in [-0.15, -0.1) is 0 Å². The first-order chi connectivity index (χ1) is 5.27. The molecule has 0 aromatic carbocycles. The number of hydrogen-bond donors (Lipinski definition) is 1. The Balaban J connectivity index is 2.49. The summed E-state index contributed by atoms with van der Waals surface area (Å²) < 4.78 is 1.55. The Morgan fingerprint density at radius 3 is 3.18 bits per heavy atom. The van der Waals surface area contributed by atoms with Crippen LogP contribution in [0.4, 0.5) is 5.82 Å². The highest BCUT2D eigenvalue weighted by molar-refractivity contribution is 5.86. The quantitative estimate of drug-likeness (QED) is 0.627. The number of rotatable bonds is 1. The number of hydrogen-bond acceptors (Lipinski definition) is 3. The van der Waals surface area contributed by atoms with E-state index in [0.717, 1.165) is 0 Å². The lowest BCUT2D eigenvalue weighted by molar-refractivity contribution is 0.0689. The third-order valence-corrected chi connectivity index (χ3v) is 1.46. The summed E-state index contributed by atoms with van der Waals surface area (Å²) in [7, 11) is 0. The molecule has 11 heavy (non-hydrogen) atoms. The second kappa shape index (κ2) is 1.91. The summed E-state index contributed by atoms with van der Waals surface area (Å²) in [6, 6.07) is 1.45. The van der Waals surface area contributed by atoms with Gasteiger partial charge in [-0.2, -0.15) is 5.10 Å². The molecule has 0 atom stereocenters. The Labute approximate surface area is 62.0 Å². The molecule has 5 heteroatoms. The molecule has 1 aromatic heterocycles. The Morgan fingerprint density at radius 2 is 2.55 bits per heavy atom. The molecule has 1 aliphatic heterocycles. The molecule has 0 saturated heterocycles. The summed E-state index contributed by atoms with van der Waals surface area (Å²) in [5.41, 5.74) is 0.0526. The predicted molar refractivity (Wildman–Crippen MR) is 37.3 cm³/mol. The van der Waals surface area contributed by atoms with Crippen molar-refractivity contribution in [3.63, 3.8) is 0 Å². The molecule has 1 aromatic rings. The summed E-state index contributed by atoms with van der Waals surface area (Å²) in [5.74, 6) is -0.399. The highest BCUT2D eigenvalue weighted by Crippen LogP contribution is 2.17. The minimum Gasteiger partial charge on any atom is -0.476 e. The van der Waals surface area contributed by atoms with Crippen LogP contribution in [0.3, 0.4) is 0 Å². The van der Waals surface area contributed by atoms with Crippen LogP contribution in [0.2, 0.25) is 0 Å². The summed E-state index contributed by atoms with van der Waals surface area (Å²) >= 11 is 0. The molecule has 0 spiro atoms. The molecule has 0 fully saturated rings. The van der Waals surface area contributed by atoms with Crippen molar-refractivity contribution in [1.29, 1.82) is 0 Å². The number of carboxylic acids is 1. The van der Waals surface area contributed by atoms with E-state index in [1.165, 1.54) is 6.07 Å². The van der Waals surface area contributed by atoms with Crippen LogP contribution in [-0.4, -0.2) is 27.1 Å².